The van der Waals surface area contributed by atoms with Crippen LogP contribution in [0.4, 0.5) is 0 Å². The van der Waals surface area contributed by atoms with E-state index in [1.807, 2.05) is 6.92 Å². The number of ether oxygens (including phenoxy) is 1. The van der Waals surface area contributed by atoms with Crippen LogP contribution in [0.3, 0.4) is 0 Å². The van der Waals surface area contributed by atoms with Crippen LogP contribution in [-0.2, 0) is 26.5 Å². The second-order valence-electron chi connectivity index (χ2n) is 2.11. The van der Waals surface area contributed by atoms with Crippen molar-refractivity contribution < 1.29 is 31.6 Å². The Morgan fingerprint density at radius 1 is 1.58 bits per heavy atom. The fourth-order valence-electron chi connectivity index (χ4n) is 0.405. The van der Waals surface area contributed by atoms with Crippen LogP contribution in [0.25, 0.3) is 0 Å². The van der Waals surface area contributed by atoms with Crippen LogP contribution in [0.2, 0.25) is 0 Å². The van der Waals surface area contributed by atoms with Gasteiger partial charge in [0.15, 0.2) is 0 Å². The first-order chi connectivity index (χ1) is 5.31. The summed E-state index contributed by atoms with van der Waals surface area (Å²) in [5.74, 6) is 0.241. The summed E-state index contributed by atoms with van der Waals surface area (Å²) < 4.78 is 5.06. The summed E-state index contributed by atoms with van der Waals surface area (Å²) in [5, 5.41) is 8.53. The zero-order valence-corrected chi connectivity index (χ0v) is 9.61. The van der Waals surface area contributed by atoms with Crippen LogP contribution in [0.15, 0.2) is 12.7 Å². The molecule has 12 heavy (non-hydrogen) atoms. The molecule has 0 aliphatic carbocycles. The standard InChI is InChI=1S/C7H14O2.C2H5.Ti/c1-3-4-9-6-7(2)5-8;1-2;/h3,7-8H,1,4-6H2,2H3;1H2,2H3;/q;-1;. The van der Waals surface area contributed by atoms with Crippen molar-refractivity contribution >= 4 is 0 Å². The molecule has 0 aliphatic heterocycles. The van der Waals surface area contributed by atoms with Gasteiger partial charge in [0, 0.05) is 34.2 Å². The van der Waals surface area contributed by atoms with Crippen molar-refractivity contribution in [1.29, 1.82) is 0 Å². The normalized spacial score (nSPS) is 10.3. The van der Waals surface area contributed by atoms with Gasteiger partial charge in [-0.15, -0.1) is 6.58 Å². The summed E-state index contributed by atoms with van der Waals surface area (Å²) in [5.41, 5.74) is 0. The Morgan fingerprint density at radius 2 is 2.08 bits per heavy atom. The van der Waals surface area contributed by atoms with Crippen molar-refractivity contribution in [3.63, 3.8) is 0 Å². The van der Waals surface area contributed by atoms with E-state index in [9.17, 15) is 0 Å². The van der Waals surface area contributed by atoms with Gasteiger partial charge in [0.05, 0.1) is 13.2 Å². The van der Waals surface area contributed by atoms with E-state index in [0.717, 1.165) is 0 Å². The molecule has 0 spiro atoms. The van der Waals surface area contributed by atoms with E-state index in [-0.39, 0.29) is 34.2 Å². The molecule has 0 aromatic carbocycles. The monoisotopic (exact) mass is 207 g/mol. The molecule has 0 fully saturated rings. The molecular weight excluding hydrogens is 188 g/mol. The van der Waals surface area contributed by atoms with Gasteiger partial charge in [-0.1, -0.05) is 13.0 Å². The van der Waals surface area contributed by atoms with E-state index < -0.39 is 0 Å². The Hall–Kier alpha value is 0.374. The van der Waals surface area contributed by atoms with Crippen LogP contribution in [-0.4, -0.2) is 24.9 Å². The molecule has 72 valence electrons. The van der Waals surface area contributed by atoms with E-state index in [2.05, 4.69) is 13.5 Å². The molecule has 0 aliphatic rings. The quantitative estimate of drug-likeness (QED) is 0.321. The molecule has 3 heteroatoms. The third-order valence-corrected chi connectivity index (χ3v) is 0.950. The van der Waals surface area contributed by atoms with Gasteiger partial charge in [-0.3, -0.25) is 0 Å². The van der Waals surface area contributed by atoms with Gasteiger partial charge in [0.1, 0.15) is 0 Å². The van der Waals surface area contributed by atoms with E-state index in [0.29, 0.717) is 13.2 Å². The second-order valence-corrected chi connectivity index (χ2v) is 2.11. The zero-order chi connectivity index (χ0) is 9.11. The smallest absolute Gasteiger partial charge is 0.0644 e. The van der Waals surface area contributed by atoms with Gasteiger partial charge in [0.2, 0.25) is 0 Å². The molecule has 0 saturated heterocycles. The predicted molar refractivity (Wildman–Crippen MR) is 48.3 cm³/mol. The molecule has 1 unspecified atom stereocenters. The summed E-state index contributed by atoms with van der Waals surface area (Å²) in [6.45, 7) is 11.8. The SMILES string of the molecule is C=CCOCC(C)CO.[CH2-]C.[Ti]. The average Bonchev–Trinajstić information content (AvgIpc) is 2.08. The molecule has 1 N–H and O–H groups in total. The molecule has 0 amide bonds. The van der Waals surface area contributed by atoms with Gasteiger partial charge in [-0.2, -0.15) is 6.92 Å². The van der Waals surface area contributed by atoms with Crippen LogP contribution >= 0.6 is 0 Å². The molecule has 0 aromatic heterocycles. The Kier molecular flexibility index (Phi) is 26.5. The third-order valence-electron chi connectivity index (χ3n) is 0.950. The maximum absolute atomic E-state index is 8.53. The van der Waals surface area contributed by atoms with Crippen LogP contribution in [0, 0.1) is 12.8 Å². The van der Waals surface area contributed by atoms with Crippen molar-refractivity contribution in [2.45, 2.75) is 13.8 Å². The number of hydrogen-bond acceptors (Lipinski definition) is 2. The van der Waals surface area contributed by atoms with Crippen molar-refractivity contribution in [3.05, 3.63) is 19.6 Å². The van der Waals surface area contributed by atoms with Crippen molar-refractivity contribution in [2.75, 3.05) is 19.8 Å². The maximum atomic E-state index is 8.53. The fraction of sp³-hybridized carbons (Fsp3) is 0.667. The van der Waals surface area contributed by atoms with E-state index in [4.69, 9.17) is 9.84 Å². The van der Waals surface area contributed by atoms with Gasteiger partial charge in [-0.25, -0.2) is 0 Å². The number of hydrogen-bond donors (Lipinski definition) is 1. The summed E-state index contributed by atoms with van der Waals surface area (Å²) >= 11 is 0. The Labute approximate surface area is 90.9 Å². The Balaban J connectivity index is -0.000000249. The Bertz CT molecular complexity index is 76.9. The molecule has 0 rings (SSSR count). The van der Waals surface area contributed by atoms with Crippen LogP contribution < -0.4 is 0 Å². The first-order valence-electron chi connectivity index (χ1n) is 3.81. The fourth-order valence-corrected chi connectivity index (χ4v) is 0.405. The maximum Gasteiger partial charge on any atom is 0.0644 e. The minimum Gasteiger partial charge on any atom is -0.396 e. The molecule has 0 aromatic rings. The molecule has 2 nitrogen and oxygen atoms in total. The average molecular weight is 207 g/mol. The van der Waals surface area contributed by atoms with Crippen LogP contribution in [0.1, 0.15) is 13.8 Å². The van der Waals surface area contributed by atoms with E-state index in [1.165, 1.54) is 0 Å². The number of aliphatic hydroxyl groups excluding tert-OH is 1. The largest absolute Gasteiger partial charge is 0.396 e. The summed E-state index contributed by atoms with van der Waals surface area (Å²) in [6, 6.07) is 0. The van der Waals surface area contributed by atoms with E-state index in [1.54, 1.807) is 13.0 Å². The van der Waals surface area contributed by atoms with E-state index >= 15 is 0 Å². The second kappa shape index (κ2) is 17.5. The van der Waals surface area contributed by atoms with Gasteiger partial charge in [-0.05, 0) is 0 Å². The van der Waals surface area contributed by atoms with Crippen molar-refractivity contribution in [1.82, 2.24) is 0 Å². The molecule has 0 saturated carbocycles. The number of rotatable bonds is 5. The van der Waals surface area contributed by atoms with Gasteiger partial charge in [0.25, 0.3) is 0 Å². The minimum absolute atomic E-state index is 0. The topological polar surface area (TPSA) is 29.5 Å². The summed E-state index contributed by atoms with van der Waals surface area (Å²) in [7, 11) is 0. The first-order valence-corrected chi connectivity index (χ1v) is 3.81. The minimum atomic E-state index is 0. The number of aliphatic hydroxyl groups is 1. The first kappa shape index (κ1) is 18.2. The summed E-state index contributed by atoms with van der Waals surface area (Å²) in [4.78, 5) is 0. The van der Waals surface area contributed by atoms with Gasteiger partial charge >= 0.3 is 0 Å². The molecule has 0 heterocycles. The molecular formula is C9H19O2Ti-. The zero-order valence-electron chi connectivity index (χ0n) is 8.05. The molecule has 0 bridgehead atoms. The molecule has 1 atom stereocenters. The van der Waals surface area contributed by atoms with Gasteiger partial charge < -0.3 is 16.8 Å². The van der Waals surface area contributed by atoms with Crippen molar-refractivity contribution in [3.8, 4) is 0 Å². The summed E-state index contributed by atoms with van der Waals surface area (Å²) in [6.07, 6.45) is 1.70. The van der Waals surface area contributed by atoms with Crippen LogP contribution in [0.5, 0.6) is 0 Å². The third kappa shape index (κ3) is 16.8. The molecule has 0 radical (unpaired) electrons. The van der Waals surface area contributed by atoms with Crippen molar-refractivity contribution in [2.24, 2.45) is 5.92 Å². The predicted octanol–water partition coefficient (Wildman–Crippen LogP) is 1.66. The Morgan fingerprint density at radius 3 is 2.42 bits per heavy atom.